The molecule has 0 fully saturated rings. The lowest BCUT2D eigenvalue weighted by atomic mass is 10.0. The summed E-state index contributed by atoms with van der Waals surface area (Å²) in [5, 5.41) is 9.69. The summed E-state index contributed by atoms with van der Waals surface area (Å²) in [5.41, 5.74) is 4.62. The molecule has 10 heteroatoms. The first kappa shape index (κ1) is 25.5. The van der Waals surface area contributed by atoms with Crippen molar-refractivity contribution in [2.45, 2.75) is 26.5 Å². The summed E-state index contributed by atoms with van der Waals surface area (Å²) in [6, 6.07) is 20.2. The van der Waals surface area contributed by atoms with Crippen LogP contribution in [0.4, 0.5) is 15.0 Å². The number of ether oxygens (including phenoxy) is 1. The number of hydrogen-bond acceptors (Lipinski definition) is 6. The number of nitrogens with zero attached hydrogens (tertiary/aromatic N) is 4. The Morgan fingerprint density at radius 3 is 2.62 bits per heavy atom. The molecule has 0 saturated carbocycles. The van der Waals surface area contributed by atoms with E-state index in [0.29, 0.717) is 28.2 Å². The van der Waals surface area contributed by atoms with Crippen molar-refractivity contribution >= 4 is 23.5 Å². The van der Waals surface area contributed by atoms with Crippen molar-refractivity contribution < 1.29 is 18.7 Å². The number of rotatable bonds is 7. The lowest BCUT2D eigenvalue weighted by molar-refractivity contribution is -0.117. The zero-order valence-corrected chi connectivity index (χ0v) is 21.3. The molecule has 0 unspecified atom stereocenters. The van der Waals surface area contributed by atoms with Crippen molar-refractivity contribution in [2.24, 2.45) is 0 Å². The van der Waals surface area contributed by atoms with Crippen molar-refractivity contribution in [3.63, 3.8) is 0 Å². The number of imidazole rings is 1. The Kier molecular flexibility index (Phi) is 7.26. The lowest BCUT2D eigenvalue weighted by Gasteiger charge is -2.14. The smallest absolute Gasteiger partial charge is 0.408 e. The maximum Gasteiger partial charge on any atom is 0.408 e. The molecule has 2 amide bonds. The van der Waals surface area contributed by atoms with Gasteiger partial charge in [0.25, 0.3) is 0 Å². The molecule has 0 aliphatic rings. The summed E-state index contributed by atoms with van der Waals surface area (Å²) in [7, 11) is 0. The standard InChI is InChI=1S/C29H25FN6O3/c1-18-15-21(10-11-23(18)30)26-27(36-25(35-26)9-6-13-32-36)22-12-14-31-24(16-22)34-28(37)19(2)33-29(38)39-17-20-7-4-3-5-8-20/h3-16,19H,17H2,1-2H3,(H,33,38)(H,31,34,37)/t19-/m1/s1. The second kappa shape index (κ2) is 11.1. The Morgan fingerprint density at radius 2 is 1.82 bits per heavy atom. The van der Waals surface area contributed by atoms with Crippen LogP contribution < -0.4 is 10.6 Å². The van der Waals surface area contributed by atoms with E-state index < -0.39 is 18.0 Å². The van der Waals surface area contributed by atoms with Gasteiger partial charge in [-0.05, 0) is 67.4 Å². The second-order valence-electron chi connectivity index (χ2n) is 8.91. The first-order chi connectivity index (χ1) is 18.9. The number of hydrogen-bond donors (Lipinski definition) is 2. The van der Waals surface area contributed by atoms with Crippen LogP contribution in [0.3, 0.4) is 0 Å². The third kappa shape index (κ3) is 5.74. The van der Waals surface area contributed by atoms with Crippen molar-refractivity contribution in [1.29, 1.82) is 0 Å². The number of alkyl carbamates (subject to hydrolysis) is 1. The lowest BCUT2D eigenvalue weighted by Crippen LogP contribution is -2.41. The van der Waals surface area contributed by atoms with Gasteiger partial charge >= 0.3 is 6.09 Å². The third-order valence-electron chi connectivity index (χ3n) is 6.05. The highest BCUT2D eigenvalue weighted by Crippen LogP contribution is 2.33. The summed E-state index contributed by atoms with van der Waals surface area (Å²) in [6.45, 7) is 3.33. The highest BCUT2D eigenvalue weighted by molar-refractivity contribution is 5.96. The van der Waals surface area contributed by atoms with Crippen LogP contribution in [0, 0.1) is 12.7 Å². The minimum atomic E-state index is -0.881. The summed E-state index contributed by atoms with van der Waals surface area (Å²) >= 11 is 0. The van der Waals surface area contributed by atoms with E-state index in [1.165, 1.54) is 6.07 Å². The number of halogens is 1. The third-order valence-corrected chi connectivity index (χ3v) is 6.05. The number of anilines is 1. The molecule has 5 aromatic rings. The van der Waals surface area contributed by atoms with Crippen molar-refractivity contribution in [2.75, 3.05) is 5.32 Å². The van der Waals surface area contributed by atoms with Gasteiger partial charge in [-0.2, -0.15) is 5.10 Å². The van der Waals surface area contributed by atoms with Crippen LogP contribution >= 0.6 is 0 Å². The first-order valence-electron chi connectivity index (χ1n) is 12.2. The molecular weight excluding hydrogens is 499 g/mol. The normalized spacial score (nSPS) is 11.7. The molecule has 3 aromatic heterocycles. The molecule has 1 atom stereocenters. The van der Waals surface area contributed by atoms with Gasteiger partial charge in [0.2, 0.25) is 5.91 Å². The van der Waals surface area contributed by atoms with E-state index in [1.807, 2.05) is 36.4 Å². The molecule has 2 N–H and O–H groups in total. The molecule has 196 valence electrons. The first-order valence-corrected chi connectivity index (χ1v) is 12.2. The molecule has 0 saturated heterocycles. The van der Waals surface area contributed by atoms with Gasteiger partial charge in [-0.25, -0.2) is 23.7 Å². The number of amides is 2. The molecule has 0 radical (unpaired) electrons. The van der Waals surface area contributed by atoms with Gasteiger partial charge in [0.15, 0.2) is 5.65 Å². The average molecular weight is 525 g/mol. The summed E-state index contributed by atoms with van der Waals surface area (Å²) in [4.78, 5) is 34.0. The van der Waals surface area contributed by atoms with Crippen LogP contribution in [0.15, 0.2) is 85.2 Å². The van der Waals surface area contributed by atoms with Crippen LogP contribution in [-0.4, -0.2) is 37.6 Å². The molecule has 5 rings (SSSR count). The molecule has 0 bridgehead atoms. The highest BCUT2D eigenvalue weighted by atomic mass is 19.1. The summed E-state index contributed by atoms with van der Waals surface area (Å²) in [6.07, 6.45) is 2.49. The Balaban J connectivity index is 1.35. The van der Waals surface area contributed by atoms with E-state index >= 15 is 0 Å². The quantitative estimate of drug-likeness (QED) is 0.304. The van der Waals surface area contributed by atoms with Crippen molar-refractivity contribution in [3.05, 3.63) is 102 Å². The van der Waals surface area contributed by atoms with Crippen LogP contribution in [0.25, 0.3) is 28.2 Å². The molecule has 9 nitrogen and oxygen atoms in total. The molecule has 0 aliphatic carbocycles. The maximum atomic E-state index is 14.0. The minimum Gasteiger partial charge on any atom is -0.445 e. The van der Waals surface area contributed by atoms with Gasteiger partial charge in [0.1, 0.15) is 30.0 Å². The summed E-state index contributed by atoms with van der Waals surface area (Å²) < 4.78 is 20.8. The van der Waals surface area contributed by atoms with E-state index in [9.17, 15) is 14.0 Å². The van der Waals surface area contributed by atoms with Gasteiger partial charge < -0.3 is 15.4 Å². The Bertz CT molecular complexity index is 1650. The zero-order chi connectivity index (χ0) is 27.4. The number of aromatic nitrogens is 4. The van der Waals surface area contributed by atoms with Crippen LogP contribution in [0.5, 0.6) is 0 Å². The molecule has 0 aliphatic heterocycles. The predicted octanol–water partition coefficient (Wildman–Crippen LogP) is 5.16. The van der Waals surface area contributed by atoms with Gasteiger partial charge in [-0.1, -0.05) is 30.3 Å². The van der Waals surface area contributed by atoms with Crippen molar-refractivity contribution in [3.8, 4) is 22.5 Å². The van der Waals surface area contributed by atoms with Crippen LogP contribution in [0.1, 0.15) is 18.1 Å². The van der Waals surface area contributed by atoms with E-state index in [0.717, 1.165) is 11.1 Å². The summed E-state index contributed by atoms with van der Waals surface area (Å²) in [5.74, 6) is -0.499. The highest BCUT2D eigenvalue weighted by Gasteiger charge is 2.20. The van der Waals surface area contributed by atoms with Crippen LogP contribution in [0.2, 0.25) is 0 Å². The number of fused-ring (bicyclic) bond motifs is 1. The van der Waals surface area contributed by atoms with E-state index in [2.05, 4.69) is 20.7 Å². The molecular formula is C29H25FN6O3. The van der Waals surface area contributed by atoms with Gasteiger partial charge in [-0.15, -0.1) is 0 Å². The fourth-order valence-electron chi connectivity index (χ4n) is 4.03. The maximum absolute atomic E-state index is 14.0. The topological polar surface area (TPSA) is 111 Å². The number of nitrogens with one attached hydrogen (secondary N) is 2. The minimum absolute atomic E-state index is 0.0911. The Hall–Kier alpha value is -5.12. The number of carbonyl (C=O) groups is 2. The Labute approximate surface area is 223 Å². The average Bonchev–Trinajstić information content (AvgIpc) is 3.34. The van der Waals surface area contributed by atoms with E-state index in [4.69, 9.17) is 9.72 Å². The predicted molar refractivity (Wildman–Crippen MR) is 144 cm³/mol. The van der Waals surface area contributed by atoms with Crippen molar-refractivity contribution in [1.82, 2.24) is 24.9 Å². The van der Waals surface area contributed by atoms with Gasteiger partial charge in [-0.3, -0.25) is 4.79 Å². The fraction of sp³-hybridized carbons (Fsp3) is 0.138. The SMILES string of the molecule is Cc1cc(-c2nc3cccnn3c2-c2ccnc(NC(=O)[C@@H](C)NC(=O)OCc3ccccc3)c2)ccc1F. The molecule has 2 aromatic carbocycles. The van der Waals surface area contributed by atoms with Gasteiger partial charge in [0, 0.05) is 23.5 Å². The zero-order valence-electron chi connectivity index (χ0n) is 21.3. The van der Waals surface area contributed by atoms with E-state index in [1.54, 1.807) is 61.1 Å². The number of carbonyl (C=O) groups excluding carboxylic acids is 2. The fourth-order valence-corrected chi connectivity index (χ4v) is 4.03. The number of benzene rings is 2. The molecule has 0 spiro atoms. The Morgan fingerprint density at radius 1 is 1.00 bits per heavy atom. The number of aryl methyl sites for hydroxylation is 1. The largest absolute Gasteiger partial charge is 0.445 e. The second-order valence-corrected chi connectivity index (χ2v) is 8.91. The molecule has 39 heavy (non-hydrogen) atoms. The number of pyridine rings is 1. The molecule has 3 heterocycles. The van der Waals surface area contributed by atoms with Gasteiger partial charge in [0.05, 0.1) is 5.69 Å². The van der Waals surface area contributed by atoms with E-state index in [-0.39, 0.29) is 18.2 Å². The van der Waals surface area contributed by atoms with Crippen LogP contribution in [-0.2, 0) is 16.1 Å². The monoisotopic (exact) mass is 524 g/mol.